The number of hydrogen-bond acceptors (Lipinski definition) is 7. The van der Waals surface area contributed by atoms with Crippen molar-refractivity contribution in [2.24, 2.45) is 0 Å². The van der Waals surface area contributed by atoms with Gasteiger partial charge in [-0.25, -0.2) is 0 Å². The monoisotopic (exact) mass is 514 g/mol. The van der Waals surface area contributed by atoms with Crippen LogP contribution in [0.2, 0.25) is 5.02 Å². The predicted molar refractivity (Wildman–Crippen MR) is 153 cm³/mol. The molecule has 1 saturated heterocycles. The first-order chi connectivity index (χ1) is 18.0. The molecule has 1 aliphatic rings. The molecule has 1 aliphatic heterocycles. The van der Waals surface area contributed by atoms with Gasteiger partial charge in [0.25, 0.3) is 0 Å². The molecular weight excluding hydrogens is 484 g/mol. The zero-order valence-electron chi connectivity index (χ0n) is 21.1. The fourth-order valence-corrected chi connectivity index (χ4v) is 4.79. The number of aromatic nitrogens is 2. The maximum Gasteiger partial charge on any atom is 0.229 e. The minimum Gasteiger partial charge on any atom is -0.489 e. The van der Waals surface area contributed by atoms with Crippen molar-refractivity contribution < 1.29 is 4.74 Å². The van der Waals surface area contributed by atoms with Gasteiger partial charge in [0.05, 0.1) is 16.3 Å². The minimum atomic E-state index is 0.447. The van der Waals surface area contributed by atoms with E-state index in [2.05, 4.69) is 15.9 Å². The van der Waals surface area contributed by atoms with E-state index in [0.717, 1.165) is 65.1 Å². The third kappa shape index (κ3) is 5.57. The lowest BCUT2D eigenvalue weighted by molar-refractivity contribution is 0.306. The van der Waals surface area contributed by atoms with Gasteiger partial charge < -0.3 is 25.2 Å². The summed E-state index contributed by atoms with van der Waals surface area (Å²) in [6, 6.07) is 26.0. The van der Waals surface area contributed by atoms with E-state index < -0.39 is 0 Å². The van der Waals surface area contributed by atoms with Crippen LogP contribution in [-0.4, -0.2) is 50.2 Å². The first-order valence-electron chi connectivity index (χ1n) is 12.4. The summed E-state index contributed by atoms with van der Waals surface area (Å²) in [5.74, 6) is 2.63. The molecule has 4 aromatic rings. The Hall–Kier alpha value is -3.97. The number of anilines is 4. The second-order valence-corrected chi connectivity index (χ2v) is 9.64. The van der Waals surface area contributed by atoms with Crippen molar-refractivity contribution in [3.8, 4) is 16.9 Å². The van der Waals surface area contributed by atoms with Gasteiger partial charge in [0, 0.05) is 40.3 Å². The van der Waals surface area contributed by atoms with Gasteiger partial charge in [-0.15, -0.1) is 0 Å². The lowest BCUT2D eigenvalue weighted by Gasteiger charge is -2.37. The highest BCUT2D eigenvalue weighted by atomic mass is 35.5. The molecule has 3 aromatic carbocycles. The Balaban J connectivity index is 1.36. The average Bonchev–Trinajstić information content (AvgIpc) is 2.92. The van der Waals surface area contributed by atoms with E-state index >= 15 is 0 Å². The number of piperazine rings is 1. The summed E-state index contributed by atoms with van der Waals surface area (Å²) in [7, 11) is 3.94. The number of nitrogen functional groups attached to an aromatic ring is 1. The normalized spacial score (nSPS) is 13.5. The zero-order chi connectivity index (χ0) is 25.8. The molecule has 0 atom stereocenters. The SMILES string of the molecule is CN(C)c1nc(N2CCN(c3ccccc3Cl)CC2)nc(N)c1-c1cccc(OCc2ccccc2)c1. The fraction of sp³-hybridized carbons (Fsp3) is 0.241. The molecule has 0 spiro atoms. The Morgan fingerprint density at radius 2 is 1.57 bits per heavy atom. The Kier molecular flexibility index (Phi) is 7.32. The van der Waals surface area contributed by atoms with Gasteiger partial charge >= 0.3 is 0 Å². The number of hydrogen-bond donors (Lipinski definition) is 1. The highest BCUT2D eigenvalue weighted by Gasteiger charge is 2.24. The molecule has 0 aliphatic carbocycles. The molecule has 0 amide bonds. The lowest BCUT2D eigenvalue weighted by atomic mass is 10.1. The number of nitrogens with zero attached hydrogens (tertiary/aromatic N) is 5. The zero-order valence-corrected chi connectivity index (χ0v) is 21.9. The molecule has 5 rings (SSSR count). The van der Waals surface area contributed by atoms with Crippen molar-refractivity contribution in [2.45, 2.75) is 6.61 Å². The molecular formula is C29H31ClN6O. The lowest BCUT2D eigenvalue weighted by Crippen LogP contribution is -2.47. The van der Waals surface area contributed by atoms with Crippen LogP contribution in [-0.2, 0) is 6.61 Å². The van der Waals surface area contributed by atoms with Crippen molar-refractivity contribution >= 4 is 34.9 Å². The summed E-state index contributed by atoms with van der Waals surface area (Å²) in [5.41, 5.74) is 10.5. The Bertz CT molecular complexity index is 1360. The molecule has 0 bridgehead atoms. The maximum absolute atomic E-state index is 6.58. The highest BCUT2D eigenvalue weighted by Crippen LogP contribution is 2.36. The largest absolute Gasteiger partial charge is 0.489 e. The number of nitrogens with two attached hydrogens (primary N) is 1. The summed E-state index contributed by atoms with van der Waals surface area (Å²) < 4.78 is 6.05. The number of halogens is 1. The van der Waals surface area contributed by atoms with Crippen molar-refractivity contribution in [1.82, 2.24) is 9.97 Å². The van der Waals surface area contributed by atoms with Gasteiger partial charge in [0.1, 0.15) is 24.0 Å². The predicted octanol–water partition coefficient (Wildman–Crippen LogP) is 5.35. The number of ether oxygens (including phenoxy) is 1. The van der Waals surface area contributed by atoms with E-state index in [1.165, 1.54) is 0 Å². The standard InChI is InChI=1S/C29H31ClN6O/c1-34(2)28-26(22-11-8-12-23(19-22)37-20-21-9-4-3-5-10-21)27(31)32-29(33-28)36-17-15-35(16-18-36)25-14-7-6-13-24(25)30/h3-14,19H,15-18,20H2,1-2H3,(H2,31,32,33). The van der Waals surface area contributed by atoms with Crippen LogP contribution in [0.25, 0.3) is 11.1 Å². The van der Waals surface area contributed by atoms with Crippen molar-refractivity contribution in [3.05, 3.63) is 89.4 Å². The van der Waals surface area contributed by atoms with E-state index in [1.807, 2.05) is 91.8 Å². The van der Waals surface area contributed by atoms with Crippen molar-refractivity contribution in [2.75, 3.05) is 60.7 Å². The molecule has 0 saturated carbocycles. The molecule has 190 valence electrons. The molecule has 7 nitrogen and oxygen atoms in total. The van der Waals surface area contributed by atoms with Gasteiger partial charge in [-0.1, -0.05) is 66.2 Å². The van der Waals surface area contributed by atoms with Gasteiger partial charge in [0.2, 0.25) is 5.95 Å². The van der Waals surface area contributed by atoms with Crippen LogP contribution in [0.3, 0.4) is 0 Å². The van der Waals surface area contributed by atoms with Gasteiger partial charge in [-0.2, -0.15) is 9.97 Å². The van der Waals surface area contributed by atoms with Gasteiger partial charge in [0.15, 0.2) is 0 Å². The molecule has 0 unspecified atom stereocenters. The fourth-order valence-electron chi connectivity index (χ4n) is 4.53. The summed E-state index contributed by atoms with van der Waals surface area (Å²) in [4.78, 5) is 16.1. The second kappa shape index (κ2) is 11.0. The molecule has 2 heterocycles. The van der Waals surface area contributed by atoms with Crippen LogP contribution >= 0.6 is 11.6 Å². The summed E-state index contributed by atoms with van der Waals surface area (Å²) in [6.45, 7) is 3.70. The smallest absolute Gasteiger partial charge is 0.229 e. The van der Waals surface area contributed by atoms with Gasteiger partial charge in [-0.3, -0.25) is 0 Å². The average molecular weight is 515 g/mol. The molecule has 1 fully saturated rings. The van der Waals surface area contributed by atoms with Crippen LogP contribution in [0.4, 0.5) is 23.3 Å². The Labute approximate surface area is 223 Å². The van der Waals surface area contributed by atoms with E-state index in [9.17, 15) is 0 Å². The van der Waals surface area contributed by atoms with Crippen molar-refractivity contribution in [1.29, 1.82) is 0 Å². The van der Waals surface area contributed by atoms with Crippen molar-refractivity contribution in [3.63, 3.8) is 0 Å². The molecule has 1 aromatic heterocycles. The quantitative estimate of drug-likeness (QED) is 0.356. The van der Waals surface area contributed by atoms with E-state index in [0.29, 0.717) is 18.4 Å². The molecule has 0 radical (unpaired) electrons. The third-order valence-corrected chi connectivity index (χ3v) is 6.78. The topological polar surface area (TPSA) is 70.8 Å². The summed E-state index contributed by atoms with van der Waals surface area (Å²) in [6.07, 6.45) is 0. The minimum absolute atomic E-state index is 0.447. The molecule has 8 heteroatoms. The van der Waals surface area contributed by atoms with Crippen LogP contribution in [0.1, 0.15) is 5.56 Å². The van der Waals surface area contributed by atoms with Crippen LogP contribution in [0.5, 0.6) is 5.75 Å². The van der Waals surface area contributed by atoms with Crippen LogP contribution in [0.15, 0.2) is 78.9 Å². The van der Waals surface area contributed by atoms with E-state index in [-0.39, 0.29) is 0 Å². The third-order valence-electron chi connectivity index (χ3n) is 6.46. The van der Waals surface area contributed by atoms with Crippen LogP contribution < -0.4 is 25.2 Å². The number of benzene rings is 3. The van der Waals surface area contributed by atoms with Crippen LogP contribution in [0, 0.1) is 0 Å². The molecule has 37 heavy (non-hydrogen) atoms. The number of para-hydroxylation sites is 1. The van der Waals surface area contributed by atoms with E-state index in [4.69, 9.17) is 32.0 Å². The first kappa shape index (κ1) is 24.7. The maximum atomic E-state index is 6.58. The Morgan fingerprint density at radius 1 is 0.865 bits per heavy atom. The first-order valence-corrected chi connectivity index (χ1v) is 12.7. The highest BCUT2D eigenvalue weighted by molar-refractivity contribution is 6.33. The number of rotatable bonds is 7. The second-order valence-electron chi connectivity index (χ2n) is 9.23. The Morgan fingerprint density at radius 3 is 2.30 bits per heavy atom. The van der Waals surface area contributed by atoms with Gasteiger partial charge in [-0.05, 0) is 35.4 Å². The molecule has 2 N–H and O–H groups in total. The summed E-state index contributed by atoms with van der Waals surface area (Å²) in [5, 5.41) is 0.769. The van der Waals surface area contributed by atoms with E-state index in [1.54, 1.807) is 0 Å². The summed E-state index contributed by atoms with van der Waals surface area (Å²) >= 11 is 6.41.